The highest BCUT2D eigenvalue weighted by molar-refractivity contribution is 6.43. The lowest BCUT2D eigenvalue weighted by atomic mass is 9.74. The summed E-state index contributed by atoms with van der Waals surface area (Å²) in [4.78, 5) is 27.2. The average molecular weight is 444 g/mol. The van der Waals surface area contributed by atoms with Gasteiger partial charge in [0.2, 0.25) is 5.91 Å². The van der Waals surface area contributed by atoms with Crippen LogP contribution in [0.4, 0.5) is 18.9 Å². The van der Waals surface area contributed by atoms with Crippen molar-refractivity contribution in [3.05, 3.63) is 30.1 Å². The normalized spacial score (nSPS) is 18.0. The van der Waals surface area contributed by atoms with Crippen molar-refractivity contribution in [1.29, 1.82) is 0 Å². The zero-order valence-corrected chi connectivity index (χ0v) is 17.5. The number of halogens is 3. The molecule has 3 atom stereocenters. The van der Waals surface area contributed by atoms with Crippen LogP contribution in [0.1, 0.15) is 33.1 Å². The minimum absolute atomic E-state index is 0.0312. The molecular weight excluding hydrogens is 416 g/mol. The second-order valence-corrected chi connectivity index (χ2v) is 8.09. The van der Waals surface area contributed by atoms with Crippen molar-refractivity contribution < 1.29 is 37.5 Å². The third kappa shape index (κ3) is 7.51. The van der Waals surface area contributed by atoms with E-state index < -0.39 is 50.0 Å². The molecule has 172 valence electrons. The number of rotatable bonds is 12. The minimum Gasteiger partial charge on any atom is -0.426 e. The van der Waals surface area contributed by atoms with Crippen LogP contribution in [0, 0.1) is 17.7 Å². The second-order valence-electron chi connectivity index (χ2n) is 8.09. The Balaban J connectivity index is 2.05. The van der Waals surface area contributed by atoms with E-state index in [0.29, 0.717) is 18.7 Å². The zero-order chi connectivity index (χ0) is 23.1. The van der Waals surface area contributed by atoms with Gasteiger partial charge in [-0.1, -0.05) is 13.8 Å². The van der Waals surface area contributed by atoms with Gasteiger partial charge in [0.25, 0.3) is 0 Å². The molecule has 3 N–H and O–H groups in total. The predicted molar refractivity (Wildman–Crippen MR) is 109 cm³/mol. The quantitative estimate of drug-likeness (QED) is 0.425. The number of amides is 1. The van der Waals surface area contributed by atoms with E-state index in [2.05, 4.69) is 10.1 Å². The Morgan fingerprint density at radius 1 is 1.26 bits per heavy atom. The smallest absolute Gasteiger partial charge is 0.426 e. The van der Waals surface area contributed by atoms with Crippen molar-refractivity contribution in [2.75, 3.05) is 18.1 Å². The van der Waals surface area contributed by atoms with Gasteiger partial charge in [-0.25, -0.2) is 4.39 Å². The number of nitrogens with one attached hydrogen (secondary N) is 1. The molecule has 31 heavy (non-hydrogen) atoms. The molecule has 7 nitrogen and oxygen atoms in total. The molecule has 0 bridgehead atoms. The highest BCUT2D eigenvalue weighted by atomic mass is 19.3. The average Bonchev–Trinajstić information content (AvgIpc) is 2.64. The Hall–Kier alpha value is -2.11. The molecule has 1 aliphatic heterocycles. The summed E-state index contributed by atoms with van der Waals surface area (Å²) < 4.78 is 42.5. The van der Waals surface area contributed by atoms with E-state index in [1.54, 1.807) is 4.90 Å². The fourth-order valence-electron chi connectivity index (χ4n) is 3.52. The van der Waals surface area contributed by atoms with Gasteiger partial charge in [-0.2, -0.15) is 8.78 Å². The maximum absolute atomic E-state index is 13.1. The molecule has 0 unspecified atom stereocenters. The number of nitrogens with zero attached hydrogens (tertiary/aromatic N) is 1. The van der Waals surface area contributed by atoms with Crippen molar-refractivity contribution in [2.45, 2.75) is 51.7 Å². The lowest BCUT2D eigenvalue weighted by molar-refractivity contribution is -0.152. The van der Waals surface area contributed by atoms with Crippen LogP contribution < -0.4 is 10.2 Å². The molecule has 0 saturated carbocycles. The number of Topliss-reactive ketones (excluding diaryl/α,β-unsaturated/α-hetero) is 1. The maximum atomic E-state index is 13.1. The molecule has 2 rings (SSSR count). The van der Waals surface area contributed by atoms with Crippen LogP contribution in [0.25, 0.3) is 0 Å². The van der Waals surface area contributed by atoms with Gasteiger partial charge >= 0.3 is 13.7 Å². The van der Waals surface area contributed by atoms with Crippen LogP contribution in [0.15, 0.2) is 24.3 Å². The number of carbonyl (C=O) groups excluding carboxylic acids is 2. The number of alkyl halides is 2. The van der Waals surface area contributed by atoms with Crippen molar-refractivity contribution in [3.8, 4) is 0 Å². The Morgan fingerprint density at radius 3 is 2.39 bits per heavy atom. The topological polar surface area (TPSA) is 99.1 Å². The minimum atomic E-state index is -3.11. The van der Waals surface area contributed by atoms with Gasteiger partial charge in [0.05, 0.1) is 24.5 Å². The fourth-order valence-corrected chi connectivity index (χ4v) is 3.52. The molecule has 0 spiro atoms. The third-order valence-electron chi connectivity index (χ3n) is 5.20. The first-order valence-corrected chi connectivity index (χ1v) is 10.2. The van der Waals surface area contributed by atoms with Gasteiger partial charge in [0, 0.05) is 18.7 Å². The van der Waals surface area contributed by atoms with Crippen LogP contribution in [-0.2, 0) is 14.3 Å². The summed E-state index contributed by atoms with van der Waals surface area (Å²) in [7, 11) is -1.83. The zero-order valence-electron chi connectivity index (χ0n) is 17.5. The summed E-state index contributed by atoms with van der Waals surface area (Å²) in [6.45, 7) is 0.417. The van der Waals surface area contributed by atoms with E-state index in [9.17, 15) is 32.8 Å². The largest absolute Gasteiger partial charge is 0.475 e. The number of hydrogen-bond acceptors (Lipinski definition) is 6. The Morgan fingerprint density at radius 2 is 1.90 bits per heavy atom. The number of carbonyl (C=O) groups is 2. The first-order chi connectivity index (χ1) is 14.6. The summed E-state index contributed by atoms with van der Waals surface area (Å²) >= 11 is 0. The number of benzene rings is 1. The monoisotopic (exact) mass is 444 g/mol. The standard InChI is InChI=1S/C20H28BF3N2O5/c1-12(2)9-18(21(29)30)25-19(28)13(11-31-20(23)24)10-17(27)16-7-8-26(16)15-5-3-14(22)4-6-15/h3-6,12-13,16,18,20,29-30H,7-11H2,1-2H3,(H,25,28)/t13-,16-,18-/m0/s1. The Kier molecular flexibility index (Phi) is 9.33. The molecular formula is C20H28BF3N2O5. The molecule has 0 radical (unpaired) electrons. The summed E-state index contributed by atoms with van der Waals surface area (Å²) in [5, 5.41) is 21.4. The van der Waals surface area contributed by atoms with Crippen molar-refractivity contribution >= 4 is 24.5 Å². The van der Waals surface area contributed by atoms with Crippen LogP contribution in [0.5, 0.6) is 0 Å². The molecule has 1 aromatic rings. The fraction of sp³-hybridized carbons (Fsp3) is 0.600. The number of ether oxygens (including phenoxy) is 1. The SMILES string of the molecule is CC(C)C[C@H](NC(=O)[C@H](COC(F)F)CC(=O)[C@@H]1CCN1c1ccc(F)cc1)B(O)O. The lowest BCUT2D eigenvalue weighted by Crippen LogP contribution is -2.54. The predicted octanol–water partition coefficient (Wildman–Crippen LogP) is 1.76. The first-order valence-electron chi connectivity index (χ1n) is 10.2. The van der Waals surface area contributed by atoms with Gasteiger partial charge in [-0.05, 0) is 43.0 Å². The summed E-state index contributed by atoms with van der Waals surface area (Å²) in [5.74, 6) is -3.70. The first kappa shape index (κ1) is 25.2. The maximum Gasteiger partial charge on any atom is 0.475 e. The molecule has 1 heterocycles. The van der Waals surface area contributed by atoms with E-state index in [1.807, 2.05) is 13.8 Å². The van der Waals surface area contributed by atoms with Gasteiger partial charge in [0.15, 0.2) is 5.78 Å². The molecule has 0 aromatic heterocycles. The lowest BCUT2D eigenvalue weighted by Gasteiger charge is -2.42. The number of hydrogen-bond donors (Lipinski definition) is 3. The molecule has 0 aliphatic carbocycles. The molecule has 1 saturated heterocycles. The van der Waals surface area contributed by atoms with Gasteiger partial charge < -0.3 is 25.0 Å². The third-order valence-corrected chi connectivity index (χ3v) is 5.20. The Bertz CT molecular complexity index is 736. The van der Waals surface area contributed by atoms with Gasteiger partial charge in [-0.3, -0.25) is 9.59 Å². The van der Waals surface area contributed by atoms with E-state index >= 15 is 0 Å². The van der Waals surface area contributed by atoms with Crippen molar-refractivity contribution in [2.24, 2.45) is 11.8 Å². The van der Waals surface area contributed by atoms with Crippen LogP contribution in [0.2, 0.25) is 0 Å². The Labute approximate surface area is 179 Å². The molecule has 1 aromatic carbocycles. The highest BCUT2D eigenvalue weighted by Crippen LogP contribution is 2.29. The highest BCUT2D eigenvalue weighted by Gasteiger charge is 2.37. The van der Waals surface area contributed by atoms with E-state index in [0.717, 1.165) is 0 Å². The van der Waals surface area contributed by atoms with Crippen molar-refractivity contribution in [1.82, 2.24) is 5.32 Å². The number of ketones is 1. The van der Waals surface area contributed by atoms with Crippen LogP contribution >= 0.6 is 0 Å². The summed E-state index contributed by atoms with van der Waals surface area (Å²) in [6, 6.07) is 5.08. The van der Waals surface area contributed by atoms with Crippen molar-refractivity contribution in [3.63, 3.8) is 0 Å². The van der Waals surface area contributed by atoms with E-state index in [4.69, 9.17) is 0 Å². The molecule has 11 heteroatoms. The molecule has 1 aliphatic rings. The summed E-state index contributed by atoms with van der Waals surface area (Å²) in [6.07, 6.45) is 0.420. The summed E-state index contributed by atoms with van der Waals surface area (Å²) in [5.41, 5.74) is 0.649. The van der Waals surface area contributed by atoms with Crippen LogP contribution in [-0.4, -0.2) is 60.6 Å². The van der Waals surface area contributed by atoms with Gasteiger partial charge in [-0.15, -0.1) is 0 Å². The second kappa shape index (κ2) is 11.5. The van der Waals surface area contributed by atoms with Crippen LogP contribution in [0.3, 0.4) is 0 Å². The van der Waals surface area contributed by atoms with Gasteiger partial charge in [0.1, 0.15) is 5.82 Å². The molecule has 1 amide bonds. The van der Waals surface area contributed by atoms with E-state index in [-0.39, 0.29) is 24.5 Å². The van der Waals surface area contributed by atoms with E-state index in [1.165, 1.54) is 24.3 Å². The number of anilines is 1. The molecule has 1 fully saturated rings.